The first kappa shape index (κ1) is 10.3. The first-order valence-electron chi connectivity index (χ1n) is 4.04. The average Bonchev–Trinajstić information content (AvgIpc) is 1.88. The highest BCUT2D eigenvalue weighted by Gasteiger charge is 2.07. The Kier molecular flexibility index (Phi) is 6.24. The van der Waals surface area contributed by atoms with Crippen LogP contribution in [0.1, 0.15) is 39.5 Å². The summed E-state index contributed by atoms with van der Waals surface area (Å²) in [4.78, 5) is 0. The molecule has 0 spiro atoms. The molecule has 2 unspecified atom stereocenters. The van der Waals surface area contributed by atoms with E-state index in [-0.39, 0.29) is 11.4 Å². The van der Waals surface area contributed by atoms with Gasteiger partial charge in [0.05, 0.1) is 6.10 Å². The van der Waals surface area contributed by atoms with Gasteiger partial charge < -0.3 is 5.11 Å². The first-order valence-corrected chi connectivity index (χ1v) is 4.56. The molecule has 0 aliphatic rings. The summed E-state index contributed by atoms with van der Waals surface area (Å²) in [5.41, 5.74) is 0. The van der Waals surface area contributed by atoms with E-state index >= 15 is 0 Å². The van der Waals surface area contributed by atoms with Crippen LogP contribution in [0.15, 0.2) is 0 Å². The molecule has 0 rings (SSSR count). The fourth-order valence-corrected chi connectivity index (χ4v) is 1.03. The number of aliphatic hydroxyl groups is 1. The van der Waals surface area contributed by atoms with E-state index in [9.17, 15) is 0 Å². The van der Waals surface area contributed by atoms with Crippen molar-refractivity contribution < 1.29 is 5.11 Å². The van der Waals surface area contributed by atoms with Crippen molar-refractivity contribution in [2.45, 2.75) is 50.9 Å². The Labute approximate surface area is 69.2 Å². The van der Waals surface area contributed by atoms with Crippen molar-refractivity contribution >= 4 is 12.6 Å². The normalized spacial score (nSPS) is 16.8. The second-order valence-corrected chi connectivity index (χ2v) is 3.47. The summed E-state index contributed by atoms with van der Waals surface area (Å²) in [7, 11) is 0. The zero-order chi connectivity index (χ0) is 7.98. The van der Waals surface area contributed by atoms with E-state index in [4.69, 9.17) is 5.11 Å². The van der Waals surface area contributed by atoms with Gasteiger partial charge in [0.15, 0.2) is 0 Å². The van der Waals surface area contributed by atoms with Crippen molar-refractivity contribution in [3.63, 3.8) is 0 Å². The third-order valence-electron chi connectivity index (χ3n) is 1.66. The van der Waals surface area contributed by atoms with Crippen LogP contribution < -0.4 is 0 Å². The van der Waals surface area contributed by atoms with E-state index in [1.165, 1.54) is 19.3 Å². The zero-order valence-electron chi connectivity index (χ0n) is 6.88. The standard InChI is InChI=1S/C8H18OS/c1-3-4-5-6-8(10)7(2)9/h7-10H,3-6H2,1-2H3. The minimum absolute atomic E-state index is 0.173. The number of unbranched alkanes of at least 4 members (excludes halogenated alkanes) is 2. The van der Waals surface area contributed by atoms with E-state index in [1.807, 2.05) is 0 Å². The van der Waals surface area contributed by atoms with Crippen molar-refractivity contribution in [2.75, 3.05) is 0 Å². The molecule has 0 aromatic heterocycles. The molecule has 1 N–H and O–H groups in total. The molecule has 0 aliphatic carbocycles. The molecule has 0 aromatic rings. The van der Waals surface area contributed by atoms with Crippen LogP contribution in [-0.4, -0.2) is 16.5 Å². The molecular weight excluding hydrogens is 144 g/mol. The molecular formula is C8H18OS. The van der Waals surface area contributed by atoms with Gasteiger partial charge in [-0.15, -0.1) is 0 Å². The van der Waals surface area contributed by atoms with Crippen LogP contribution in [0.25, 0.3) is 0 Å². The molecule has 0 saturated carbocycles. The maximum atomic E-state index is 9.04. The number of hydrogen-bond acceptors (Lipinski definition) is 2. The van der Waals surface area contributed by atoms with Crippen molar-refractivity contribution in [3.05, 3.63) is 0 Å². The van der Waals surface area contributed by atoms with Crippen LogP contribution in [0.4, 0.5) is 0 Å². The van der Waals surface area contributed by atoms with Gasteiger partial charge in [-0.1, -0.05) is 26.2 Å². The van der Waals surface area contributed by atoms with Crippen LogP contribution in [0, 0.1) is 0 Å². The van der Waals surface area contributed by atoms with Gasteiger partial charge in [0.2, 0.25) is 0 Å². The highest BCUT2D eigenvalue weighted by molar-refractivity contribution is 7.81. The molecule has 0 heterocycles. The predicted octanol–water partition coefficient (Wildman–Crippen LogP) is 2.25. The van der Waals surface area contributed by atoms with Gasteiger partial charge in [-0.3, -0.25) is 0 Å². The van der Waals surface area contributed by atoms with Gasteiger partial charge in [-0.25, -0.2) is 0 Å². The van der Waals surface area contributed by atoms with Gasteiger partial charge in [0.1, 0.15) is 0 Å². The van der Waals surface area contributed by atoms with Gasteiger partial charge in [0.25, 0.3) is 0 Å². The first-order chi connectivity index (χ1) is 4.68. The SMILES string of the molecule is CCCCCC(S)C(C)O. The predicted molar refractivity (Wildman–Crippen MR) is 48.6 cm³/mol. The van der Waals surface area contributed by atoms with Crippen molar-refractivity contribution in [3.8, 4) is 0 Å². The van der Waals surface area contributed by atoms with E-state index < -0.39 is 0 Å². The molecule has 2 heteroatoms. The second-order valence-electron chi connectivity index (χ2n) is 2.80. The topological polar surface area (TPSA) is 20.2 Å². The number of thiol groups is 1. The lowest BCUT2D eigenvalue weighted by atomic mass is 10.1. The van der Waals surface area contributed by atoms with Crippen LogP contribution in [0.2, 0.25) is 0 Å². The lowest BCUT2D eigenvalue weighted by Gasteiger charge is -2.12. The maximum absolute atomic E-state index is 9.04. The van der Waals surface area contributed by atoms with Crippen LogP contribution in [0.5, 0.6) is 0 Å². The summed E-state index contributed by atoms with van der Waals surface area (Å²) in [6.45, 7) is 3.97. The van der Waals surface area contributed by atoms with Crippen molar-refractivity contribution in [1.82, 2.24) is 0 Å². The largest absolute Gasteiger partial charge is 0.392 e. The van der Waals surface area contributed by atoms with Gasteiger partial charge in [-0.2, -0.15) is 12.6 Å². The number of hydrogen-bond donors (Lipinski definition) is 2. The van der Waals surface area contributed by atoms with Crippen molar-refractivity contribution in [2.24, 2.45) is 0 Å². The molecule has 62 valence electrons. The quantitative estimate of drug-likeness (QED) is 0.469. The minimum atomic E-state index is -0.264. The molecule has 0 amide bonds. The lowest BCUT2D eigenvalue weighted by Crippen LogP contribution is -2.16. The summed E-state index contributed by atoms with van der Waals surface area (Å²) in [5.74, 6) is 0. The number of rotatable bonds is 5. The zero-order valence-corrected chi connectivity index (χ0v) is 7.77. The Morgan fingerprint density at radius 3 is 2.40 bits per heavy atom. The molecule has 2 atom stereocenters. The molecule has 0 radical (unpaired) electrons. The second kappa shape index (κ2) is 6.05. The van der Waals surface area contributed by atoms with Crippen LogP contribution >= 0.6 is 12.6 Å². The molecule has 1 nitrogen and oxygen atoms in total. The van der Waals surface area contributed by atoms with E-state index in [0.29, 0.717) is 0 Å². The Hall–Kier alpha value is 0.310. The highest BCUT2D eigenvalue weighted by atomic mass is 32.1. The van der Waals surface area contributed by atoms with Crippen LogP contribution in [-0.2, 0) is 0 Å². The van der Waals surface area contributed by atoms with E-state index in [0.717, 1.165) is 6.42 Å². The molecule has 0 aliphatic heterocycles. The smallest absolute Gasteiger partial charge is 0.0628 e. The summed E-state index contributed by atoms with van der Waals surface area (Å²) in [5, 5.41) is 9.22. The molecule has 0 bridgehead atoms. The maximum Gasteiger partial charge on any atom is 0.0628 e. The van der Waals surface area contributed by atoms with Gasteiger partial charge in [0, 0.05) is 5.25 Å². The third-order valence-corrected chi connectivity index (χ3v) is 2.35. The summed E-state index contributed by atoms with van der Waals surface area (Å²) in [6.07, 6.45) is 4.45. The van der Waals surface area contributed by atoms with Crippen molar-refractivity contribution in [1.29, 1.82) is 0 Å². The van der Waals surface area contributed by atoms with E-state index in [2.05, 4.69) is 19.6 Å². The molecule has 0 saturated heterocycles. The van der Waals surface area contributed by atoms with Crippen LogP contribution in [0.3, 0.4) is 0 Å². The Morgan fingerprint density at radius 1 is 1.40 bits per heavy atom. The lowest BCUT2D eigenvalue weighted by molar-refractivity contribution is 0.187. The van der Waals surface area contributed by atoms with Gasteiger partial charge >= 0.3 is 0 Å². The molecule has 10 heavy (non-hydrogen) atoms. The van der Waals surface area contributed by atoms with Gasteiger partial charge in [-0.05, 0) is 13.3 Å². The third kappa shape index (κ3) is 5.12. The fourth-order valence-electron chi connectivity index (χ4n) is 0.845. The minimum Gasteiger partial charge on any atom is -0.392 e. The molecule has 0 fully saturated rings. The summed E-state index contributed by atoms with van der Waals surface area (Å²) in [6, 6.07) is 0. The summed E-state index contributed by atoms with van der Waals surface area (Å²) < 4.78 is 0. The number of aliphatic hydroxyl groups excluding tert-OH is 1. The average molecular weight is 162 g/mol. The Morgan fingerprint density at radius 2 is 2.00 bits per heavy atom. The Balaban J connectivity index is 3.13. The highest BCUT2D eigenvalue weighted by Crippen LogP contribution is 2.11. The molecule has 0 aromatic carbocycles. The Bertz CT molecular complexity index is 73.7. The monoisotopic (exact) mass is 162 g/mol. The fraction of sp³-hybridized carbons (Fsp3) is 1.00. The van der Waals surface area contributed by atoms with E-state index in [1.54, 1.807) is 6.92 Å². The summed E-state index contributed by atoms with van der Waals surface area (Å²) >= 11 is 4.25.